The molecule has 0 amide bonds. The van der Waals surface area contributed by atoms with Crippen molar-refractivity contribution in [2.45, 2.75) is 38.7 Å². The van der Waals surface area contributed by atoms with E-state index in [-0.39, 0.29) is 18.3 Å². The van der Waals surface area contributed by atoms with Gasteiger partial charge in [0.25, 0.3) is 0 Å². The lowest BCUT2D eigenvalue weighted by Crippen LogP contribution is -2.45. The fourth-order valence-corrected chi connectivity index (χ4v) is 1.97. The van der Waals surface area contributed by atoms with Gasteiger partial charge in [-0.1, -0.05) is 6.92 Å². The Morgan fingerprint density at radius 3 is 2.23 bits per heavy atom. The molecule has 1 rings (SSSR count). The molecule has 4 heteroatoms. The highest BCUT2D eigenvalue weighted by atomic mass is 16.3. The predicted octanol–water partition coefficient (Wildman–Crippen LogP) is -0.331. The van der Waals surface area contributed by atoms with Crippen molar-refractivity contribution >= 4 is 0 Å². The van der Waals surface area contributed by atoms with Crippen molar-refractivity contribution in [1.29, 1.82) is 0 Å². The summed E-state index contributed by atoms with van der Waals surface area (Å²) in [7, 11) is 1.93. The molecule has 0 aromatic carbocycles. The van der Waals surface area contributed by atoms with Gasteiger partial charge >= 0.3 is 0 Å². The van der Waals surface area contributed by atoms with Crippen LogP contribution >= 0.6 is 0 Å². The van der Waals surface area contributed by atoms with Gasteiger partial charge in [0, 0.05) is 0 Å². The fraction of sp³-hybridized carbons (Fsp3) is 1.00. The van der Waals surface area contributed by atoms with Gasteiger partial charge in [-0.2, -0.15) is 0 Å². The first-order valence-electron chi connectivity index (χ1n) is 4.74. The van der Waals surface area contributed by atoms with Crippen LogP contribution < -0.4 is 0 Å². The molecule has 0 aromatic rings. The minimum atomic E-state index is -0.500. The molecule has 1 aliphatic rings. The summed E-state index contributed by atoms with van der Waals surface area (Å²) in [6.45, 7) is 6.76. The van der Waals surface area contributed by atoms with Gasteiger partial charge in [-0.25, -0.2) is 0 Å². The zero-order valence-electron chi connectivity index (χ0n) is 8.86. The number of aliphatic hydroxyl groups is 2. The van der Waals surface area contributed by atoms with Gasteiger partial charge in [0.1, 0.15) is 6.23 Å². The van der Waals surface area contributed by atoms with Crippen molar-refractivity contribution in [2.75, 3.05) is 20.2 Å². The van der Waals surface area contributed by atoms with E-state index in [9.17, 15) is 10.2 Å². The number of rotatable bonds is 2. The molecule has 1 fully saturated rings. The van der Waals surface area contributed by atoms with E-state index in [4.69, 9.17) is 0 Å². The minimum absolute atomic E-state index is 0.0602. The van der Waals surface area contributed by atoms with Crippen LogP contribution in [-0.4, -0.2) is 58.1 Å². The number of hydrogen-bond acceptors (Lipinski definition) is 4. The van der Waals surface area contributed by atoms with E-state index in [1.165, 1.54) is 0 Å². The molecule has 78 valence electrons. The lowest BCUT2D eigenvalue weighted by atomic mass is 10.0. The largest absolute Gasteiger partial charge is 0.393 e. The molecule has 4 nitrogen and oxygen atoms in total. The quantitative estimate of drug-likeness (QED) is 0.623. The second-order valence-corrected chi connectivity index (χ2v) is 4.13. The zero-order chi connectivity index (χ0) is 10.2. The summed E-state index contributed by atoms with van der Waals surface area (Å²) in [5, 5.41) is 19.2. The first-order chi connectivity index (χ1) is 5.96. The van der Waals surface area contributed by atoms with E-state index in [2.05, 4.69) is 0 Å². The second-order valence-electron chi connectivity index (χ2n) is 4.13. The molecule has 0 radical (unpaired) electrons. The Bertz CT molecular complexity index is 166. The van der Waals surface area contributed by atoms with E-state index in [1.54, 1.807) is 0 Å². The van der Waals surface area contributed by atoms with Crippen LogP contribution in [-0.2, 0) is 0 Å². The molecule has 0 saturated carbocycles. The Hall–Kier alpha value is -0.160. The standard InChI is InChI=1S/C9H20N2O2/c1-5-11-7(6-12)10(4)9(2,3)8(11)13/h7-8,12-13H,5-6H2,1-4H3. The van der Waals surface area contributed by atoms with Gasteiger partial charge in [-0.3, -0.25) is 9.80 Å². The second kappa shape index (κ2) is 3.53. The highest BCUT2D eigenvalue weighted by Gasteiger charge is 2.48. The molecular weight excluding hydrogens is 168 g/mol. The molecule has 0 aliphatic carbocycles. The normalized spacial score (nSPS) is 35.5. The Morgan fingerprint density at radius 2 is 1.92 bits per heavy atom. The third-order valence-electron chi connectivity index (χ3n) is 3.21. The third kappa shape index (κ3) is 1.48. The monoisotopic (exact) mass is 188 g/mol. The molecule has 2 unspecified atom stereocenters. The first kappa shape index (κ1) is 10.9. The minimum Gasteiger partial charge on any atom is -0.393 e. The molecule has 1 aliphatic heterocycles. The summed E-state index contributed by atoms with van der Waals surface area (Å²) in [6.07, 6.45) is -0.561. The van der Waals surface area contributed by atoms with E-state index >= 15 is 0 Å². The predicted molar refractivity (Wildman–Crippen MR) is 51.1 cm³/mol. The molecule has 2 N–H and O–H groups in total. The van der Waals surface area contributed by atoms with Gasteiger partial charge in [-0.15, -0.1) is 0 Å². The zero-order valence-corrected chi connectivity index (χ0v) is 8.86. The maximum atomic E-state index is 9.96. The van der Waals surface area contributed by atoms with Crippen molar-refractivity contribution in [3.63, 3.8) is 0 Å². The van der Waals surface area contributed by atoms with Crippen molar-refractivity contribution in [2.24, 2.45) is 0 Å². The summed E-state index contributed by atoms with van der Waals surface area (Å²) in [5.41, 5.74) is -0.288. The van der Waals surface area contributed by atoms with Crippen LogP contribution in [0.1, 0.15) is 20.8 Å². The summed E-state index contributed by atoms with van der Waals surface area (Å²) >= 11 is 0. The Balaban J connectivity index is 2.89. The smallest absolute Gasteiger partial charge is 0.126 e. The average Bonchev–Trinajstić information content (AvgIpc) is 2.26. The van der Waals surface area contributed by atoms with Gasteiger partial charge in [0.15, 0.2) is 0 Å². The van der Waals surface area contributed by atoms with Crippen LogP contribution in [0, 0.1) is 0 Å². The Labute approximate surface area is 79.8 Å². The van der Waals surface area contributed by atoms with Gasteiger partial charge in [0.2, 0.25) is 0 Å². The van der Waals surface area contributed by atoms with Crippen LogP contribution in [0.25, 0.3) is 0 Å². The summed E-state index contributed by atoms with van der Waals surface area (Å²) in [4.78, 5) is 3.92. The van der Waals surface area contributed by atoms with Gasteiger partial charge < -0.3 is 10.2 Å². The third-order valence-corrected chi connectivity index (χ3v) is 3.21. The summed E-state index contributed by atoms with van der Waals surface area (Å²) in [5.74, 6) is 0. The molecule has 0 spiro atoms. The van der Waals surface area contributed by atoms with E-state index in [0.717, 1.165) is 6.54 Å². The molecular formula is C9H20N2O2. The van der Waals surface area contributed by atoms with Crippen molar-refractivity contribution in [3.05, 3.63) is 0 Å². The lowest BCUT2D eigenvalue weighted by Gasteiger charge is -2.30. The number of aliphatic hydroxyl groups excluding tert-OH is 2. The molecule has 0 bridgehead atoms. The van der Waals surface area contributed by atoms with Crippen LogP contribution in [0.3, 0.4) is 0 Å². The molecule has 0 aromatic heterocycles. The van der Waals surface area contributed by atoms with Crippen LogP contribution in [0.2, 0.25) is 0 Å². The summed E-state index contributed by atoms with van der Waals surface area (Å²) < 4.78 is 0. The molecule has 13 heavy (non-hydrogen) atoms. The fourth-order valence-electron chi connectivity index (χ4n) is 1.97. The average molecular weight is 188 g/mol. The SMILES string of the molecule is CCN1C(CO)N(C)C(C)(C)C1O. The van der Waals surface area contributed by atoms with E-state index in [0.29, 0.717) is 0 Å². The lowest BCUT2D eigenvalue weighted by molar-refractivity contribution is -0.0147. The van der Waals surface area contributed by atoms with Crippen molar-refractivity contribution < 1.29 is 10.2 Å². The number of likely N-dealkylation sites (N-methyl/N-ethyl adjacent to an activating group) is 2. The maximum absolute atomic E-state index is 9.96. The van der Waals surface area contributed by atoms with E-state index < -0.39 is 6.23 Å². The Morgan fingerprint density at radius 1 is 1.38 bits per heavy atom. The van der Waals surface area contributed by atoms with E-state index in [1.807, 2.05) is 37.6 Å². The highest BCUT2D eigenvalue weighted by molar-refractivity contribution is 4.97. The Kier molecular flexibility index (Phi) is 2.97. The molecule has 1 heterocycles. The first-order valence-corrected chi connectivity index (χ1v) is 4.74. The maximum Gasteiger partial charge on any atom is 0.126 e. The molecule has 2 atom stereocenters. The van der Waals surface area contributed by atoms with Crippen LogP contribution in [0.15, 0.2) is 0 Å². The van der Waals surface area contributed by atoms with Gasteiger partial charge in [0.05, 0.1) is 18.3 Å². The van der Waals surface area contributed by atoms with Crippen LogP contribution in [0.4, 0.5) is 0 Å². The van der Waals surface area contributed by atoms with Crippen LogP contribution in [0.5, 0.6) is 0 Å². The van der Waals surface area contributed by atoms with Crippen molar-refractivity contribution in [1.82, 2.24) is 9.80 Å². The number of hydrogen-bond donors (Lipinski definition) is 2. The van der Waals surface area contributed by atoms with Crippen molar-refractivity contribution in [3.8, 4) is 0 Å². The highest BCUT2D eigenvalue weighted by Crippen LogP contribution is 2.31. The number of nitrogens with zero attached hydrogens (tertiary/aromatic N) is 2. The summed E-state index contributed by atoms with van der Waals surface area (Å²) in [6, 6.07) is 0. The van der Waals surface area contributed by atoms with Gasteiger partial charge in [-0.05, 0) is 27.4 Å². The topological polar surface area (TPSA) is 46.9 Å². The molecule has 1 saturated heterocycles.